The molecule has 90 valence electrons. The number of nitrogens with zero attached hydrogens (tertiary/aromatic N) is 1. The largest absolute Gasteiger partial charge is 0.317 e. The molecule has 0 spiro atoms. The van der Waals surface area contributed by atoms with Crippen LogP contribution >= 0.6 is 0 Å². The second kappa shape index (κ2) is 7.24. The molecule has 0 aromatic carbocycles. The summed E-state index contributed by atoms with van der Waals surface area (Å²) in [4.78, 5) is 2.71. The summed E-state index contributed by atoms with van der Waals surface area (Å²) in [6, 6.07) is 0.849. The minimum absolute atomic E-state index is 0.849. The van der Waals surface area contributed by atoms with E-state index in [0.29, 0.717) is 0 Å². The van der Waals surface area contributed by atoms with E-state index >= 15 is 0 Å². The van der Waals surface area contributed by atoms with Gasteiger partial charge in [0.1, 0.15) is 0 Å². The maximum absolute atomic E-state index is 3.47. The topological polar surface area (TPSA) is 15.3 Å². The molecular formula is C13H28N2. The first-order chi connectivity index (χ1) is 7.31. The summed E-state index contributed by atoms with van der Waals surface area (Å²) in [5.74, 6) is 0.899. The van der Waals surface area contributed by atoms with E-state index in [2.05, 4.69) is 31.0 Å². The minimum Gasteiger partial charge on any atom is -0.317 e. The van der Waals surface area contributed by atoms with Crippen molar-refractivity contribution in [3.63, 3.8) is 0 Å². The molecule has 0 aliphatic carbocycles. The van der Waals surface area contributed by atoms with Crippen molar-refractivity contribution in [2.45, 2.75) is 52.5 Å². The Morgan fingerprint density at radius 2 is 2.13 bits per heavy atom. The lowest BCUT2D eigenvalue weighted by atomic mass is 10.1. The summed E-state index contributed by atoms with van der Waals surface area (Å²) in [7, 11) is 0. The third kappa shape index (κ3) is 4.12. The fourth-order valence-corrected chi connectivity index (χ4v) is 2.69. The Hall–Kier alpha value is -0.0800. The lowest BCUT2D eigenvalue weighted by Gasteiger charge is -2.26. The lowest BCUT2D eigenvalue weighted by molar-refractivity contribution is 0.214. The molecule has 1 aliphatic heterocycles. The molecule has 2 nitrogen and oxygen atoms in total. The van der Waals surface area contributed by atoms with Crippen molar-refractivity contribution in [1.29, 1.82) is 0 Å². The minimum atomic E-state index is 0.849. The summed E-state index contributed by atoms with van der Waals surface area (Å²) in [5, 5.41) is 3.47. The molecule has 2 heteroatoms. The van der Waals surface area contributed by atoms with Crippen LogP contribution in [0.3, 0.4) is 0 Å². The number of hydrogen-bond acceptors (Lipinski definition) is 2. The molecule has 0 radical (unpaired) electrons. The highest BCUT2D eigenvalue weighted by atomic mass is 15.2. The van der Waals surface area contributed by atoms with Gasteiger partial charge in [0.15, 0.2) is 0 Å². The van der Waals surface area contributed by atoms with Crippen LogP contribution in [0.5, 0.6) is 0 Å². The number of nitrogens with one attached hydrogen (secondary N) is 1. The van der Waals surface area contributed by atoms with Gasteiger partial charge in [-0.05, 0) is 44.8 Å². The fourth-order valence-electron chi connectivity index (χ4n) is 2.69. The number of likely N-dealkylation sites (tertiary alicyclic amines) is 1. The monoisotopic (exact) mass is 212 g/mol. The third-order valence-corrected chi connectivity index (χ3v) is 3.61. The normalized spacial score (nSPS) is 24.6. The number of hydrogen-bond donors (Lipinski definition) is 1. The van der Waals surface area contributed by atoms with Crippen LogP contribution in [-0.2, 0) is 0 Å². The van der Waals surface area contributed by atoms with Crippen molar-refractivity contribution < 1.29 is 0 Å². The molecule has 1 heterocycles. The van der Waals surface area contributed by atoms with E-state index in [1.807, 2.05) is 0 Å². The van der Waals surface area contributed by atoms with Gasteiger partial charge in [0, 0.05) is 12.6 Å². The summed E-state index contributed by atoms with van der Waals surface area (Å²) < 4.78 is 0. The van der Waals surface area contributed by atoms with Gasteiger partial charge in [0.05, 0.1) is 0 Å². The van der Waals surface area contributed by atoms with E-state index in [1.54, 1.807) is 0 Å². The van der Waals surface area contributed by atoms with Crippen LogP contribution < -0.4 is 5.32 Å². The van der Waals surface area contributed by atoms with E-state index in [9.17, 15) is 0 Å². The van der Waals surface area contributed by atoms with E-state index in [4.69, 9.17) is 0 Å². The SMILES string of the molecule is CCCC(CC)N1CCC(CNCC)C1. The molecule has 2 unspecified atom stereocenters. The van der Waals surface area contributed by atoms with Gasteiger partial charge in [0.25, 0.3) is 0 Å². The standard InChI is InChI=1S/C13H28N2/c1-4-7-13(5-2)15-9-8-12(11-15)10-14-6-3/h12-14H,4-11H2,1-3H3. The smallest absolute Gasteiger partial charge is 0.00926 e. The van der Waals surface area contributed by atoms with Crippen LogP contribution in [0.25, 0.3) is 0 Å². The van der Waals surface area contributed by atoms with E-state index < -0.39 is 0 Å². The molecule has 0 amide bonds. The van der Waals surface area contributed by atoms with Crippen molar-refractivity contribution in [3.8, 4) is 0 Å². The highest BCUT2D eigenvalue weighted by Crippen LogP contribution is 2.21. The Labute approximate surface area is 95.4 Å². The lowest BCUT2D eigenvalue weighted by Crippen LogP contribution is -2.34. The van der Waals surface area contributed by atoms with Crippen molar-refractivity contribution in [3.05, 3.63) is 0 Å². The van der Waals surface area contributed by atoms with Gasteiger partial charge in [0.2, 0.25) is 0 Å². The zero-order valence-corrected chi connectivity index (χ0v) is 10.8. The van der Waals surface area contributed by atoms with Gasteiger partial charge in [-0.15, -0.1) is 0 Å². The van der Waals surface area contributed by atoms with Crippen LogP contribution in [0, 0.1) is 5.92 Å². The van der Waals surface area contributed by atoms with E-state index in [0.717, 1.165) is 18.5 Å². The second-order valence-corrected chi connectivity index (χ2v) is 4.81. The van der Waals surface area contributed by atoms with Crippen LogP contribution in [0.2, 0.25) is 0 Å². The maximum atomic E-state index is 3.47. The highest BCUT2D eigenvalue weighted by molar-refractivity contribution is 4.81. The third-order valence-electron chi connectivity index (χ3n) is 3.61. The van der Waals surface area contributed by atoms with Gasteiger partial charge in [-0.2, -0.15) is 0 Å². The van der Waals surface area contributed by atoms with Crippen molar-refractivity contribution >= 4 is 0 Å². The Morgan fingerprint density at radius 1 is 1.33 bits per heavy atom. The second-order valence-electron chi connectivity index (χ2n) is 4.81. The Morgan fingerprint density at radius 3 is 2.73 bits per heavy atom. The molecule has 1 rings (SSSR count). The maximum Gasteiger partial charge on any atom is 0.00926 e. The van der Waals surface area contributed by atoms with E-state index in [1.165, 1.54) is 45.3 Å². The quantitative estimate of drug-likeness (QED) is 0.697. The molecule has 1 fully saturated rings. The molecule has 1 saturated heterocycles. The summed E-state index contributed by atoms with van der Waals surface area (Å²) in [6.07, 6.45) is 5.42. The molecule has 0 saturated carbocycles. The molecular weight excluding hydrogens is 184 g/mol. The molecule has 0 aromatic rings. The molecule has 15 heavy (non-hydrogen) atoms. The van der Waals surface area contributed by atoms with Crippen LogP contribution in [0.4, 0.5) is 0 Å². The summed E-state index contributed by atoms with van der Waals surface area (Å²) in [5.41, 5.74) is 0. The Kier molecular flexibility index (Phi) is 6.26. The zero-order chi connectivity index (χ0) is 11.1. The predicted octanol–water partition coefficient (Wildman–Crippen LogP) is 2.50. The zero-order valence-electron chi connectivity index (χ0n) is 10.8. The fraction of sp³-hybridized carbons (Fsp3) is 1.00. The first kappa shape index (κ1) is 13.0. The molecule has 1 aliphatic rings. The molecule has 2 atom stereocenters. The average Bonchev–Trinajstić information content (AvgIpc) is 2.71. The molecule has 0 bridgehead atoms. The molecule has 1 N–H and O–H groups in total. The Balaban J connectivity index is 2.27. The first-order valence-corrected chi connectivity index (χ1v) is 6.76. The summed E-state index contributed by atoms with van der Waals surface area (Å²) in [6.45, 7) is 11.8. The van der Waals surface area contributed by atoms with Gasteiger partial charge >= 0.3 is 0 Å². The van der Waals surface area contributed by atoms with Gasteiger partial charge < -0.3 is 10.2 Å². The van der Waals surface area contributed by atoms with Gasteiger partial charge in [-0.1, -0.05) is 27.2 Å². The first-order valence-electron chi connectivity index (χ1n) is 6.76. The van der Waals surface area contributed by atoms with Gasteiger partial charge in [-0.25, -0.2) is 0 Å². The van der Waals surface area contributed by atoms with Crippen LogP contribution in [0.1, 0.15) is 46.5 Å². The van der Waals surface area contributed by atoms with Crippen molar-refractivity contribution in [2.24, 2.45) is 5.92 Å². The van der Waals surface area contributed by atoms with Crippen LogP contribution in [0.15, 0.2) is 0 Å². The predicted molar refractivity (Wildman–Crippen MR) is 67.2 cm³/mol. The van der Waals surface area contributed by atoms with E-state index in [-0.39, 0.29) is 0 Å². The summed E-state index contributed by atoms with van der Waals surface area (Å²) >= 11 is 0. The van der Waals surface area contributed by atoms with Crippen molar-refractivity contribution in [1.82, 2.24) is 10.2 Å². The number of rotatable bonds is 7. The Bertz CT molecular complexity index is 159. The van der Waals surface area contributed by atoms with Gasteiger partial charge in [-0.3, -0.25) is 0 Å². The molecule has 0 aromatic heterocycles. The van der Waals surface area contributed by atoms with Crippen LogP contribution in [-0.4, -0.2) is 37.1 Å². The van der Waals surface area contributed by atoms with Crippen molar-refractivity contribution in [2.75, 3.05) is 26.2 Å². The average molecular weight is 212 g/mol. The highest BCUT2D eigenvalue weighted by Gasteiger charge is 2.26.